The Balaban J connectivity index is 1.68. The van der Waals surface area contributed by atoms with E-state index in [1.807, 2.05) is 44.2 Å². The predicted molar refractivity (Wildman–Crippen MR) is 92.8 cm³/mol. The Morgan fingerprint density at radius 1 is 1.12 bits per heavy atom. The van der Waals surface area contributed by atoms with Crippen LogP contribution in [-0.4, -0.2) is 26.1 Å². The van der Waals surface area contributed by atoms with Crippen LogP contribution in [0.4, 0.5) is 5.69 Å². The fourth-order valence-electron chi connectivity index (χ4n) is 2.17. The van der Waals surface area contributed by atoms with E-state index in [0.29, 0.717) is 16.5 Å². The van der Waals surface area contributed by atoms with Gasteiger partial charge in [0, 0.05) is 5.56 Å². The molecule has 122 valence electrons. The molecule has 0 saturated carbocycles. The Bertz CT molecular complexity index is 873. The molecule has 6 nitrogen and oxygen atoms in total. The fraction of sp³-hybridized carbons (Fsp3) is 0.176. The van der Waals surface area contributed by atoms with E-state index < -0.39 is 0 Å². The number of hydrogen-bond acceptors (Lipinski definition) is 4. The SMILES string of the molecule is Cc1ccc(-c2nnn(CC(=O)Nc3ccc(C)cc3Cl)n2)cc1. The van der Waals surface area contributed by atoms with Crippen LogP contribution >= 0.6 is 11.6 Å². The molecule has 2 aromatic carbocycles. The van der Waals surface area contributed by atoms with Gasteiger partial charge in [-0.3, -0.25) is 4.79 Å². The van der Waals surface area contributed by atoms with Crippen molar-refractivity contribution in [2.45, 2.75) is 20.4 Å². The topological polar surface area (TPSA) is 72.7 Å². The Kier molecular flexibility index (Phi) is 4.57. The lowest BCUT2D eigenvalue weighted by atomic mass is 10.1. The van der Waals surface area contributed by atoms with Gasteiger partial charge in [-0.2, -0.15) is 4.80 Å². The molecule has 0 aliphatic carbocycles. The lowest BCUT2D eigenvalue weighted by molar-refractivity contribution is -0.117. The maximum Gasteiger partial charge on any atom is 0.248 e. The summed E-state index contributed by atoms with van der Waals surface area (Å²) in [6, 6.07) is 13.2. The quantitative estimate of drug-likeness (QED) is 0.790. The third-order valence-corrected chi connectivity index (χ3v) is 3.76. The molecule has 0 atom stereocenters. The predicted octanol–water partition coefficient (Wildman–Crippen LogP) is 3.25. The van der Waals surface area contributed by atoms with Gasteiger partial charge in [-0.15, -0.1) is 10.2 Å². The van der Waals surface area contributed by atoms with Gasteiger partial charge in [0.15, 0.2) is 0 Å². The van der Waals surface area contributed by atoms with E-state index in [4.69, 9.17) is 11.6 Å². The van der Waals surface area contributed by atoms with Gasteiger partial charge in [-0.1, -0.05) is 47.5 Å². The van der Waals surface area contributed by atoms with Crippen molar-refractivity contribution in [3.05, 3.63) is 58.6 Å². The number of anilines is 1. The van der Waals surface area contributed by atoms with Crippen LogP contribution in [0.5, 0.6) is 0 Å². The van der Waals surface area contributed by atoms with Gasteiger partial charge in [0.1, 0.15) is 6.54 Å². The van der Waals surface area contributed by atoms with Crippen LogP contribution in [0.1, 0.15) is 11.1 Å². The zero-order chi connectivity index (χ0) is 17.1. The van der Waals surface area contributed by atoms with Crippen LogP contribution in [0, 0.1) is 13.8 Å². The van der Waals surface area contributed by atoms with Crippen LogP contribution < -0.4 is 5.32 Å². The smallest absolute Gasteiger partial charge is 0.248 e. The van der Waals surface area contributed by atoms with Crippen LogP contribution in [0.25, 0.3) is 11.4 Å². The molecule has 1 aromatic heterocycles. The van der Waals surface area contributed by atoms with Crippen molar-refractivity contribution in [1.82, 2.24) is 20.2 Å². The molecule has 3 rings (SSSR count). The average molecular weight is 342 g/mol. The van der Waals surface area contributed by atoms with E-state index in [-0.39, 0.29) is 12.5 Å². The second-order valence-corrected chi connectivity index (χ2v) is 5.95. The lowest BCUT2D eigenvalue weighted by Gasteiger charge is -2.07. The number of aryl methyl sites for hydroxylation is 2. The third-order valence-electron chi connectivity index (χ3n) is 3.45. The molecule has 0 unspecified atom stereocenters. The molecule has 0 aliphatic heterocycles. The van der Waals surface area contributed by atoms with Crippen molar-refractivity contribution < 1.29 is 4.79 Å². The number of aromatic nitrogens is 4. The second kappa shape index (κ2) is 6.80. The fourth-order valence-corrected chi connectivity index (χ4v) is 2.45. The number of halogens is 1. The maximum absolute atomic E-state index is 12.1. The van der Waals surface area contributed by atoms with E-state index in [1.54, 1.807) is 12.1 Å². The zero-order valence-electron chi connectivity index (χ0n) is 13.3. The van der Waals surface area contributed by atoms with Gasteiger partial charge in [-0.05, 0) is 36.8 Å². The van der Waals surface area contributed by atoms with E-state index in [1.165, 1.54) is 4.80 Å². The standard InChI is InChI=1S/C17H16ClN5O/c1-11-3-6-13(7-4-11)17-20-22-23(21-17)10-16(24)19-15-8-5-12(2)9-14(15)18/h3-9H,10H2,1-2H3,(H,19,24). The van der Waals surface area contributed by atoms with Gasteiger partial charge >= 0.3 is 0 Å². The molecule has 0 bridgehead atoms. The highest BCUT2D eigenvalue weighted by molar-refractivity contribution is 6.33. The van der Waals surface area contributed by atoms with Crippen molar-refractivity contribution in [2.75, 3.05) is 5.32 Å². The molecular formula is C17H16ClN5O. The third kappa shape index (κ3) is 3.78. The first-order valence-corrected chi connectivity index (χ1v) is 7.80. The first-order valence-electron chi connectivity index (χ1n) is 7.42. The summed E-state index contributed by atoms with van der Waals surface area (Å²) in [6.45, 7) is 3.90. The minimum atomic E-state index is -0.270. The van der Waals surface area contributed by atoms with Crippen molar-refractivity contribution in [3.63, 3.8) is 0 Å². The molecule has 24 heavy (non-hydrogen) atoms. The molecule has 1 amide bonds. The summed E-state index contributed by atoms with van der Waals surface area (Å²) < 4.78 is 0. The summed E-state index contributed by atoms with van der Waals surface area (Å²) >= 11 is 6.11. The summed E-state index contributed by atoms with van der Waals surface area (Å²) in [7, 11) is 0. The molecule has 0 radical (unpaired) electrons. The van der Waals surface area contributed by atoms with Crippen molar-refractivity contribution >= 4 is 23.2 Å². The maximum atomic E-state index is 12.1. The van der Waals surface area contributed by atoms with Crippen LogP contribution in [0.2, 0.25) is 5.02 Å². The Morgan fingerprint density at radius 2 is 1.83 bits per heavy atom. The van der Waals surface area contributed by atoms with Gasteiger partial charge in [0.05, 0.1) is 10.7 Å². The van der Waals surface area contributed by atoms with Gasteiger partial charge in [0.2, 0.25) is 11.7 Å². The molecule has 1 heterocycles. The molecule has 1 N–H and O–H groups in total. The minimum absolute atomic E-state index is 0.0386. The summed E-state index contributed by atoms with van der Waals surface area (Å²) in [6.07, 6.45) is 0. The van der Waals surface area contributed by atoms with Crippen molar-refractivity contribution in [1.29, 1.82) is 0 Å². The molecule has 0 aliphatic rings. The van der Waals surface area contributed by atoms with Crippen LogP contribution in [0.3, 0.4) is 0 Å². The van der Waals surface area contributed by atoms with Gasteiger partial charge in [-0.25, -0.2) is 0 Å². The largest absolute Gasteiger partial charge is 0.323 e. The first-order chi connectivity index (χ1) is 11.5. The van der Waals surface area contributed by atoms with Gasteiger partial charge in [0.25, 0.3) is 0 Å². The summed E-state index contributed by atoms with van der Waals surface area (Å²) in [5, 5.41) is 15.4. The number of hydrogen-bond donors (Lipinski definition) is 1. The van der Waals surface area contributed by atoms with E-state index >= 15 is 0 Å². The minimum Gasteiger partial charge on any atom is -0.323 e. The number of carbonyl (C=O) groups is 1. The number of tetrazole rings is 1. The van der Waals surface area contributed by atoms with E-state index in [9.17, 15) is 4.79 Å². The summed E-state index contributed by atoms with van der Waals surface area (Å²) in [4.78, 5) is 13.4. The van der Waals surface area contributed by atoms with Crippen LogP contribution in [-0.2, 0) is 11.3 Å². The molecule has 0 fully saturated rings. The van der Waals surface area contributed by atoms with Crippen LogP contribution in [0.15, 0.2) is 42.5 Å². The number of benzene rings is 2. The second-order valence-electron chi connectivity index (χ2n) is 5.54. The first kappa shape index (κ1) is 16.1. The molecule has 0 saturated heterocycles. The van der Waals surface area contributed by atoms with E-state index in [0.717, 1.165) is 16.7 Å². The van der Waals surface area contributed by atoms with E-state index in [2.05, 4.69) is 20.7 Å². The molecule has 3 aromatic rings. The monoisotopic (exact) mass is 341 g/mol. The highest BCUT2D eigenvalue weighted by atomic mass is 35.5. The number of rotatable bonds is 4. The molecular weight excluding hydrogens is 326 g/mol. The summed E-state index contributed by atoms with van der Waals surface area (Å²) in [5.41, 5.74) is 3.60. The Hall–Kier alpha value is -2.73. The summed E-state index contributed by atoms with van der Waals surface area (Å²) in [5.74, 6) is 0.213. The lowest BCUT2D eigenvalue weighted by Crippen LogP contribution is -2.20. The van der Waals surface area contributed by atoms with Crippen molar-refractivity contribution in [2.24, 2.45) is 0 Å². The zero-order valence-corrected chi connectivity index (χ0v) is 14.1. The average Bonchev–Trinajstić information content (AvgIpc) is 2.99. The number of nitrogens with zero attached hydrogens (tertiary/aromatic N) is 4. The van der Waals surface area contributed by atoms with Crippen molar-refractivity contribution in [3.8, 4) is 11.4 Å². The Labute approximate surface area is 144 Å². The normalized spacial score (nSPS) is 10.6. The highest BCUT2D eigenvalue weighted by Crippen LogP contribution is 2.22. The Morgan fingerprint density at radius 3 is 2.54 bits per heavy atom. The molecule has 0 spiro atoms. The number of amides is 1. The molecule has 7 heteroatoms. The number of nitrogens with one attached hydrogen (secondary N) is 1. The number of carbonyl (C=O) groups excluding carboxylic acids is 1. The highest BCUT2D eigenvalue weighted by Gasteiger charge is 2.11. The van der Waals surface area contributed by atoms with Gasteiger partial charge < -0.3 is 5.32 Å².